The molecule has 2 N–H and O–H groups in total. The molecular weight excluding hydrogens is 276 g/mol. The first-order chi connectivity index (χ1) is 8.03. The molecule has 0 bridgehead atoms. The Kier molecular flexibility index (Phi) is 4.47. The van der Waals surface area contributed by atoms with Crippen LogP contribution in [0.4, 0.5) is 0 Å². The van der Waals surface area contributed by atoms with Crippen LogP contribution in [0.5, 0.6) is 0 Å². The van der Waals surface area contributed by atoms with Crippen LogP contribution in [0.3, 0.4) is 0 Å². The second-order valence-corrected chi connectivity index (χ2v) is 9.93. The van der Waals surface area contributed by atoms with Crippen molar-refractivity contribution >= 4 is 19.9 Å². The lowest BCUT2D eigenvalue weighted by Gasteiger charge is -2.37. The fourth-order valence-electron chi connectivity index (χ4n) is 1.86. The number of likely N-dealkylation sites (N-methyl/N-ethyl adjacent to an activating group) is 1. The van der Waals surface area contributed by atoms with E-state index in [9.17, 15) is 16.8 Å². The molecule has 0 aromatic heterocycles. The summed E-state index contributed by atoms with van der Waals surface area (Å²) < 4.78 is 48.7. The van der Waals surface area contributed by atoms with Gasteiger partial charge in [0.2, 0.25) is 10.0 Å². The van der Waals surface area contributed by atoms with Gasteiger partial charge in [-0.1, -0.05) is 0 Å². The average molecular weight is 298 g/mol. The van der Waals surface area contributed by atoms with Crippen molar-refractivity contribution in [3.63, 3.8) is 0 Å². The van der Waals surface area contributed by atoms with Gasteiger partial charge in [-0.05, 0) is 26.7 Å². The first-order valence-corrected chi connectivity index (χ1v) is 9.24. The molecule has 0 aromatic rings. The van der Waals surface area contributed by atoms with E-state index < -0.39 is 30.6 Å². The van der Waals surface area contributed by atoms with E-state index >= 15 is 0 Å². The number of sulfonamides is 1. The smallest absolute Gasteiger partial charge is 0.217 e. The van der Waals surface area contributed by atoms with Gasteiger partial charge in [-0.15, -0.1) is 0 Å². The first kappa shape index (κ1) is 15.9. The van der Waals surface area contributed by atoms with Crippen molar-refractivity contribution in [2.75, 3.05) is 25.1 Å². The third-order valence-corrected chi connectivity index (χ3v) is 7.94. The van der Waals surface area contributed by atoms with E-state index in [4.69, 9.17) is 5.73 Å². The standard InChI is InChI=1S/C10H22N2O4S2/c1-10(2,8-11)12(3)18(15,16)9-4-6-17(13,14)7-5-9/h9H,4-8,11H2,1-3H3. The number of nitrogens with zero attached hydrogens (tertiary/aromatic N) is 1. The summed E-state index contributed by atoms with van der Waals surface area (Å²) in [6.45, 7) is 3.72. The van der Waals surface area contributed by atoms with E-state index in [0.717, 1.165) is 0 Å². The summed E-state index contributed by atoms with van der Waals surface area (Å²) >= 11 is 0. The van der Waals surface area contributed by atoms with E-state index in [1.807, 2.05) is 0 Å². The predicted molar refractivity (Wildman–Crippen MR) is 71.5 cm³/mol. The molecule has 0 unspecified atom stereocenters. The van der Waals surface area contributed by atoms with E-state index in [2.05, 4.69) is 0 Å². The Bertz CT molecular complexity index is 482. The molecule has 0 aromatic carbocycles. The third-order valence-electron chi connectivity index (χ3n) is 3.66. The summed E-state index contributed by atoms with van der Waals surface area (Å²) in [7, 11) is -5.04. The van der Waals surface area contributed by atoms with Gasteiger partial charge >= 0.3 is 0 Å². The molecule has 0 atom stereocenters. The zero-order valence-electron chi connectivity index (χ0n) is 11.1. The summed E-state index contributed by atoms with van der Waals surface area (Å²) in [6.07, 6.45) is 0.352. The summed E-state index contributed by atoms with van der Waals surface area (Å²) in [5.41, 5.74) is 4.92. The maximum absolute atomic E-state index is 12.4. The normalized spacial score (nSPS) is 22.3. The Morgan fingerprint density at radius 1 is 1.28 bits per heavy atom. The number of hydrogen-bond donors (Lipinski definition) is 1. The summed E-state index contributed by atoms with van der Waals surface area (Å²) in [5, 5.41) is -0.614. The molecule has 0 aliphatic carbocycles. The van der Waals surface area contributed by atoms with Crippen molar-refractivity contribution < 1.29 is 16.8 Å². The van der Waals surface area contributed by atoms with Crippen LogP contribution in [-0.2, 0) is 19.9 Å². The minimum atomic E-state index is -3.49. The Morgan fingerprint density at radius 2 is 1.72 bits per heavy atom. The van der Waals surface area contributed by atoms with Crippen LogP contribution in [0.1, 0.15) is 26.7 Å². The predicted octanol–water partition coefficient (Wildman–Crippen LogP) is -0.437. The second kappa shape index (κ2) is 5.07. The molecule has 1 rings (SSSR count). The third kappa shape index (κ3) is 3.23. The minimum Gasteiger partial charge on any atom is -0.329 e. The molecule has 108 valence electrons. The van der Waals surface area contributed by atoms with Crippen LogP contribution >= 0.6 is 0 Å². The molecule has 1 fully saturated rings. The molecule has 0 spiro atoms. The van der Waals surface area contributed by atoms with Crippen molar-refractivity contribution in [1.29, 1.82) is 0 Å². The summed E-state index contributed by atoms with van der Waals surface area (Å²) in [5.74, 6) is -0.0957. The Labute approximate surface area is 110 Å². The number of hydrogen-bond acceptors (Lipinski definition) is 5. The Balaban J connectivity index is 2.89. The van der Waals surface area contributed by atoms with Crippen molar-refractivity contribution in [3.8, 4) is 0 Å². The molecule has 0 saturated carbocycles. The van der Waals surface area contributed by atoms with E-state index in [1.165, 1.54) is 11.4 Å². The highest BCUT2D eigenvalue weighted by molar-refractivity contribution is 7.92. The molecule has 1 heterocycles. The van der Waals surface area contributed by atoms with Gasteiger partial charge in [0.05, 0.1) is 16.8 Å². The zero-order chi connectivity index (χ0) is 14.2. The van der Waals surface area contributed by atoms with Gasteiger partial charge in [-0.2, -0.15) is 4.31 Å². The van der Waals surface area contributed by atoms with Crippen LogP contribution in [0.15, 0.2) is 0 Å². The quantitative estimate of drug-likeness (QED) is 0.759. The lowest BCUT2D eigenvalue weighted by molar-refractivity contribution is 0.270. The van der Waals surface area contributed by atoms with Gasteiger partial charge in [-0.3, -0.25) is 0 Å². The molecule has 1 saturated heterocycles. The van der Waals surface area contributed by atoms with Crippen LogP contribution < -0.4 is 5.73 Å². The number of rotatable bonds is 4. The van der Waals surface area contributed by atoms with E-state index in [-0.39, 0.29) is 30.9 Å². The van der Waals surface area contributed by atoms with Crippen molar-refractivity contribution in [2.45, 2.75) is 37.5 Å². The molecule has 0 amide bonds. The van der Waals surface area contributed by atoms with Gasteiger partial charge in [0.25, 0.3) is 0 Å². The maximum atomic E-state index is 12.4. The average Bonchev–Trinajstić information content (AvgIpc) is 2.27. The summed E-state index contributed by atoms with van der Waals surface area (Å²) in [4.78, 5) is 0. The van der Waals surface area contributed by atoms with Crippen LogP contribution in [-0.4, -0.2) is 57.0 Å². The van der Waals surface area contributed by atoms with Crippen LogP contribution in [0.25, 0.3) is 0 Å². The SMILES string of the molecule is CN(C(C)(C)CN)S(=O)(=O)C1CCS(=O)(=O)CC1. The maximum Gasteiger partial charge on any atom is 0.217 e. The van der Waals surface area contributed by atoms with Crippen molar-refractivity contribution in [1.82, 2.24) is 4.31 Å². The Hall–Kier alpha value is -0.180. The minimum absolute atomic E-state index is 0.0478. The molecule has 6 nitrogen and oxygen atoms in total. The fraction of sp³-hybridized carbons (Fsp3) is 1.00. The molecule has 0 radical (unpaired) electrons. The molecular formula is C10H22N2O4S2. The van der Waals surface area contributed by atoms with Gasteiger partial charge in [0, 0.05) is 19.1 Å². The van der Waals surface area contributed by atoms with Crippen LogP contribution in [0.2, 0.25) is 0 Å². The van der Waals surface area contributed by atoms with E-state index in [1.54, 1.807) is 13.8 Å². The van der Waals surface area contributed by atoms with Gasteiger partial charge in [0.1, 0.15) is 9.84 Å². The largest absolute Gasteiger partial charge is 0.329 e. The monoisotopic (exact) mass is 298 g/mol. The lowest BCUT2D eigenvalue weighted by atomic mass is 10.1. The highest BCUT2D eigenvalue weighted by Crippen LogP contribution is 2.25. The first-order valence-electron chi connectivity index (χ1n) is 5.91. The molecule has 8 heteroatoms. The second-order valence-electron chi connectivity index (χ2n) is 5.38. The number of nitrogens with two attached hydrogens (primary N) is 1. The lowest BCUT2D eigenvalue weighted by Crippen LogP contribution is -2.53. The summed E-state index contributed by atoms with van der Waals surface area (Å²) in [6, 6.07) is 0. The van der Waals surface area contributed by atoms with Crippen molar-refractivity contribution in [3.05, 3.63) is 0 Å². The molecule has 18 heavy (non-hydrogen) atoms. The molecule has 1 aliphatic heterocycles. The highest BCUT2D eigenvalue weighted by atomic mass is 32.2. The molecule has 1 aliphatic rings. The zero-order valence-corrected chi connectivity index (χ0v) is 12.7. The van der Waals surface area contributed by atoms with Crippen molar-refractivity contribution in [2.24, 2.45) is 5.73 Å². The van der Waals surface area contributed by atoms with Gasteiger partial charge in [0.15, 0.2) is 0 Å². The number of sulfone groups is 1. The van der Waals surface area contributed by atoms with E-state index in [0.29, 0.717) is 0 Å². The van der Waals surface area contributed by atoms with Gasteiger partial charge in [-0.25, -0.2) is 16.8 Å². The topological polar surface area (TPSA) is 97.5 Å². The van der Waals surface area contributed by atoms with Gasteiger partial charge < -0.3 is 5.73 Å². The highest BCUT2D eigenvalue weighted by Gasteiger charge is 2.40. The fourth-order valence-corrected chi connectivity index (χ4v) is 5.69. The Morgan fingerprint density at radius 3 is 2.11 bits per heavy atom. The van der Waals surface area contributed by atoms with Crippen LogP contribution in [0, 0.1) is 0 Å².